The average molecular weight is 472 g/mol. The van der Waals surface area contributed by atoms with E-state index in [4.69, 9.17) is 27.9 Å². The molecule has 1 heterocycles. The summed E-state index contributed by atoms with van der Waals surface area (Å²) >= 11 is 11.7. The first kappa shape index (κ1) is 23.2. The van der Waals surface area contributed by atoms with Gasteiger partial charge < -0.3 is 15.4 Å². The maximum Gasteiger partial charge on any atom is 0.359 e. The summed E-state index contributed by atoms with van der Waals surface area (Å²) in [6.07, 6.45) is 0. The van der Waals surface area contributed by atoms with Crippen molar-refractivity contribution >= 4 is 46.7 Å². The zero-order valence-corrected chi connectivity index (χ0v) is 18.5. The number of halogens is 2. The standard InChI is InChI=1S/C23H19Cl2N3O4/c1-14(15-7-3-2-4-8-15)26-22(30)16-9-5-6-10-18(16)27-20(29)13-32-23(31)21-17(24)11-12-19(25)28-21/h2-12,14H,13H2,1H3,(H,26,30)(H,27,29). The van der Waals surface area contributed by atoms with E-state index in [-0.39, 0.29) is 39.1 Å². The third-order valence-electron chi connectivity index (χ3n) is 4.43. The minimum Gasteiger partial charge on any atom is -0.451 e. The first-order valence-electron chi connectivity index (χ1n) is 9.59. The van der Waals surface area contributed by atoms with Gasteiger partial charge in [-0.15, -0.1) is 0 Å². The number of aromatic nitrogens is 1. The number of carbonyl (C=O) groups excluding carboxylic acids is 3. The lowest BCUT2D eigenvalue weighted by atomic mass is 10.1. The van der Waals surface area contributed by atoms with Gasteiger partial charge in [-0.25, -0.2) is 9.78 Å². The number of hydrogen-bond donors (Lipinski definition) is 2. The van der Waals surface area contributed by atoms with E-state index >= 15 is 0 Å². The van der Waals surface area contributed by atoms with Crippen molar-refractivity contribution in [1.82, 2.24) is 10.3 Å². The number of benzene rings is 2. The van der Waals surface area contributed by atoms with Crippen LogP contribution in [-0.4, -0.2) is 29.4 Å². The maximum atomic E-state index is 12.8. The highest BCUT2D eigenvalue weighted by molar-refractivity contribution is 6.34. The van der Waals surface area contributed by atoms with Crippen LogP contribution in [0.2, 0.25) is 10.2 Å². The summed E-state index contributed by atoms with van der Waals surface area (Å²) in [5, 5.41) is 5.59. The van der Waals surface area contributed by atoms with Crippen LogP contribution in [0.5, 0.6) is 0 Å². The van der Waals surface area contributed by atoms with Crippen molar-refractivity contribution in [1.29, 1.82) is 0 Å². The molecule has 0 radical (unpaired) electrons. The first-order valence-corrected chi connectivity index (χ1v) is 10.3. The van der Waals surface area contributed by atoms with Crippen molar-refractivity contribution in [2.45, 2.75) is 13.0 Å². The molecule has 3 aromatic rings. The molecule has 7 nitrogen and oxygen atoms in total. The lowest BCUT2D eigenvalue weighted by Crippen LogP contribution is -2.28. The minimum atomic E-state index is -0.893. The number of carbonyl (C=O) groups is 3. The van der Waals surface area contributed by atoms with Gasteiger partial charge in [-0.1, -0.05) is 65.7 Å². The molecular formula is C23H19Cl2N3O4. The Morgan fingerprint density at radius 2 is 1.66 bits per heavy atom. The van der Waals surface area contributed by atoms with Gasteiger partial charge in [-0.3, -0.25) is 9.59 Å². The smallest absolute Gasteiger partial charge is 0.359 e. The summed E-state index contributed by atoms with van der Waals surface area (Å²) < 4.78 is 4.96. The van der Waals surface area contributed by atoms with Crippen LogP contribution in [0.25, 0.3) is 0 Å². The van der Waals surface area contributed by atoms with Gasteiger partial charge in [-0.2, -0.15) is 0 Å². The van der Waals surface area contributed by atoms with Crippen LogP contribution in [0.15, 0.2) is 66.7 Å². The lowest BCUT2D eigenvalue weighted by molar-refractivity contribution is -0.119. The molecule has 1 unspecified atom stereocenters. The van der Waals surface area contributed by atoms with Crippen molar-refractivity contribution in [3.63, 3.8) is 0 Å². The molecular weight excluding hydrogens is 453 g/mol. The Hall–Kier alpha value is -3.42. The Bertz CT molecular complexity index is 1140. The van der Waals surface area contributed by atoms with Crippen molar-refractivity contribution in [2.75, 3.05) is 11.9 Å². The molecule has 1 aromatic heterocycles. The van der Waals surface area contributed by atoms with Gasteiger partial charge >= 0.3 is 5.97 Å². The van der Waals surface area contributed by atoms with E-state index in [0.717, 1.165) is 5.56 Å². The quantitative estimate of drug-likeness (QED) is 0.385. The zero-order valence-electron chi connectivity index (χ0n) is 17.0. The number of rotatable bonds is 7. The van der Waals surface area contributed by atoms with Gasteiger partial charge in [0.05, 0.1) is 22.3 Å². The average Bonchev–Trinajstić information content (AvgIpc) is 2.80. The monoisotopic (exact) mass is 471 g/mol. The van der Waals surface area contributed by atoms with Crippen LogP contribution in [0.3, 0.4) is 0 Å². The molecule has 2 aromatic carbocycles. The highest BCUT2D eigenvalue weighted by Gasteiger charge is 2.19. The molecule has 0 aliphatic heterocycles. The summed E-state index contributed by atoms with van der Waals surface area (Å²) in [6.45, 7) is 1.27. The van der Waals surface area contributed by atoms with E-state index in [1.165, 1.54) is 12.1 Å². The lowest BCUT2D eigenvalue weighted by Gasteiger charge is -2.16. The number of ether oxygens (including phenoxy) is 1. The fourth-order valence-corrected chi connectivity index (χ4v) is 3.17. The first-order chi connectivity index (χ1) is 15.3. The molecule has 0 saturated heterocycles. The highest BCUT2D eigenvalue weighted by Crippen LogP contribution is 2.19. The predicted molar refractivity (Wildman–Crippen MR) is 122 cm³/mol. The molecule has 3 rings (SSSR count). The largest absolute Gasteiger partial charge is 0.451 e. The van der Waals surface area contributed by atoms with Gasteiger partial charge in [0, 0.05) is 0 Å². The van der Waals surface area contributed by atoms with Gasteiger partial charge in [0.15, 0.2) is 12.3 Å². The Balaban J connectivity index is 1.62. The number of amides is 2. The molecule has 0 saturated carbocycles. The molecule has 9 heteroatoms. The third-order valence-corrected chi connectivity index (χ3v) is 4.95. The van der Waals surface area contributed by atoms with Crippen molar-refractivity contribution in [3.05, 3.63) is 93.7 Å². The van der Waals surface area contributed by atoms with Gasteiger partial charge in [0.2, 0.25) is 0 Å². The van der Waals surface area contributed by atoms with Crippen molar-refractivity contribution in [3.8, 4) is 0 Å². The third kappa shape index (κ3) is 6.06. The molecule has 0 fully saturated rings. The summed E-state index contributed by atoms with van der Waals surface area (Å²) in [5.41, 5.74) is 1.31. The highest BCUT2D eigenvalue weighted by atomic mass is 35.5. The van der Waals surface area contributed by atoms with E-state index in [9.17, 15) is 14.4 Å². The van der Waals surface area contributed by atoms with Gasteiger partial charge in [0.1, 0.15) is 5.15 Å². The number of nitrogens with one attached hydrogen (secondary N) is 2. The van der Waals surface area contributed by atoms with E-state index in [0.29, 0.717) is 0 Å². The maximum absolute atomic E-state index is 12.8. The molecule has 2 amide bonds. The molecule has 164 valence electrons. The van der Waals surface area contributed by atoms with E-state index in [1.807, 2.05) is 37.3 Å². The molecule has 32 heavy (non-hydrogen) atoms. The van der Waals surface area contributed by atoms with Crippen LogP contribution in [-0.2, 0) is 9.53 Å². The van der Waals surface area contributed by atoms with Gasteiger partial charge in [-0.05, 0) is 36.8 Å². The Kier molecular flexibility index (Phi) is 7.81. The number of hydrogen-bond acceptors (Lipinski definition) is 5. The van der Waals surface area contributed by atoms with Crippen molar-refractivity contribution < 1.29 is 19.1 Å². The normalized spacial score (nSPS) is 11.3. The number of para-hydroxylation sites is 1. The Labute approximate surface area is 194 Å². The second-order valence-electron chi connectivity index (χ2n) is 6.74. The van der Waals surface area contributed by atoms with Crippen LogP contribution >= 0.6 is 23.2 Å². The number of anilines is 1. The summed E-state index contributed by atoms with van der Waals surface area (Å²) in [6, 6.07) is 18.6. The van der Waals surface area contributed by atoms with E-state index in [1.54, 1.807) is 24.3 Å². The second-order valence-corrected chi connectivity index (χ2v) is 7.53. The van der Waals surface area contributed by atoms with E-state index in [2.05, 4.69) is 15.6 Å². The summed E-state index contributed by atoms with van der Waals surface area (Å²) in [7, 11) is 0. The number of pyridine rings is 1. The summed E-state index contributed by atoms with van der Waals surface area (Å²) in [5.74, 6) is -1.88. The van der Waals surface area contributed by atoms with Crippen LogP contribution < -0.4 is 10.6 Å². The second kappa shape index (κ2) is 10.7. The fourth-order valence-electron chi connectivity index (χ4n) is 2.84. The zero-order chi connectivity index (χ0) is 23.1. The van der Waals surface area contributed by atoms with E-state index < -0.39 is 18.5 Å². The van der Waals surface area contributed by atoms with Crippen molar-refractivity contribution in [2.24, 2.45) is 0 Å². The SMILES string of the molecule is CC(NC(=O)c1ccccc1NC(=O)COC(=O)c1nc(Cl)ccc1Cl)c1ccccc1. The molecule has 1 atom stereocenters. The predicted octanol–water partition coefficient (Wildman–Crippen LogP) is 4.67. The fraction of sp³-hybridized carbons (Fsp3) is 0.130. The number of nitrogens with zero attached hydrogens (tertiary/aromatic N) is 1. The topological polar surface area (TPSA) is 97.4 Å². The Morgan fingerprint density at radius 3 is 2.41 bits per heavy atom. The van der Waals surface area contributed by atoms with Gasteiger partial charge in [0.25, 0.3) is 11.8 Å². The molecule has 2 N–H and O–H groups in total. The van der Waals surface area contributed by atoms with Crippen LogP contribution in [0.4, 0.5) is 5.69 Å². The number of esters is 1. The molecule has 0 aliphatic rings. The Morgan fingerprint density at radius 1 is 0.969 bits per heavy atom. The molecule has 0 bridgehead atoms. The van der Waals surface area contributed by atoms with Crippen LogP contribution in [0, 0.1) is 0 Å². The molecule has 0 aliphatic carbocycles. The molecule has 0 spiro atoms. The minimum absolute atomic E-state index is 0.0503. The van der Waals surface area contributed by atoms with Crippen LogP contribution in [0.1, 0.15) is 39.4 Å². The summed E-state index contributed by atoms with van der Waals surface area (Å²) in [4.78, 5) is 41.0.